The number of amides is 1. The fourth-order valence-corrected chi connectivity index (χ4v) is 3.51. The number of aromatic amines is 1. The summed E-state index contributed by atoms with van der Waals surface area (Å²) < 4.78 is 10.2. The maximum Gasteiger partial charge on any atom is 0.339 e. The van der Waals surface area contributed by atoms with Crippen LogP contribution >= 0.6 is 0 Å². The smallest absolute Gasteiger partial charge is 0.339 e. The number of nitrogens with zero attached hydrogens (tertiary/aromatic N) is 1. The standard InChI is InChI=1S/C21H27N3O4/c1-14-18(21(26)27-3)15(2)23-19(14)20(25)22-12-16-5-4-6-17(11-16)13-24-7-9-28-10-8-24/h4-6,11,23H,7-10,12-13H2,1-3H3,(H,22,25). The van der Waals surface area contributed by atoms with Gasteiger partial charge in [-0.25, -0.2) is 4.79 Å². The van der Waals surface area contributed by atoms with Crippen molar-refractivity contribution in [1.29, 1.82) is 0 Å². The number of nitrogens with one attached hydrogen (secondary N) is 2. The molecular weight excluding hydrogens is 358 g/mol. The van der Waals surface area contributed by atoms with Crippen LogP contribution in [0.5, 0.6) is 0 Å². The zero-order valence-electron chi connectivity index (χ0n) is 16.6. The summed E-state index contributed by atoms with van der Waals surface area (Å²) in [6, 6.07) is 8.22. The molecule has 0 aliphatic carbocycles. The molecule has 0 bridgehead atoms. The van der Waals surface area contributed by atoms with E-state index >= 15 is 0 Å². The molecule has 1 amide bonds. The van der Waals surface area contributed by atoms with Crippen LogP contribution in [0.3, 0.4) is 0 Å². The molecule has 7 heteroatoms. The van der Waals surface area contributed by atoms with Gasteiger partial charge in [-0.15, -0.1) is 0 Å². The highest BCUT2D eigenvalue weighted by Crippen LogP contribution is 2.19. The average Bonchev–Trinajstić information content (AvgIpc) is 3.01. The first-order valence-electron chi connectivity index (χ1n) is 9.43. The Morgan fingerprint density at radius 3 is 2.64 bits per heavy atom. The third-order valence-electron chi connectivity index (χ3n) is 5.01. The number of hydrogen-bond donors (Lipinski definition) is 2. The topological polar surface area (TPSA) is 83.7 Å². The minimum absolute atomic E-state index is 0.241. The highest BCUT2D eigenvalue weighted by Gasteiger charge is 2.22. The molecule has 28 heavy (non-hydrogen) atoms. The van der Waals surface area contributed by atoms with Crippen molar-refractivity contribution in [3.05, 3.63) is 57.9 Å². The molecule has 1 aliphatic rings. The van der Waals surface area contributed by atoms with Crippen molar-refractivity contribution < 1.29 is 19.1 Å². The Kier molecular flexibility index (Phi) is 6.49. The van der Waals surface area contributed by atoms with Crippen LogP contribution in [-0.2, 0) is 22.6 Å². The van der Waals surface area contributed by atoms with E-state index in [1.165, 1.54) is 12.7 Å². The monoisotopic (exact) mass is 385 g/mol. The van der Waals surface area contributed by atoms with E-state index in [1.807, 2.05) is 12.1 Å². The molecule has 2 heterocycles. The lowest BCUT2D eigenvalue weighted by Gasteiger charge is -2.26. The van der Waals surface area contributed by atoms with Crippen LogP contribution in [0.4, 0.5) is 0 Å². The van der Waals surface area contributed by atoms with E-state index in [0.29, 0.717) is 29.1 Å². The van der Waals surface area contributed by atoms with E-state index in [9.17, 15) is 9.59 Å². The van der Waals surface area contributed by atoms with Crippen molar-refractivity contribution in [2.24, 2.45) is 0 Å². The second-order valence-corrected chi connectivity index (χ2v) is 7.01. The van der Waals surface area contributed by atoms with Crippen LogP contribution in [0.1, 0.15) is 43.2 Å². The molecule has 0 unspecified atom stereocenters. The van der Waals surface area contributed by atoms with Crippen molar-refractivity contribution in [1.82, 2.24) is 15.2 Å². The molecule has 150 valence electrons. The molecule has 0 atom stereocenters. The van der Waals surface area contributed by atoms with Crippen molar-refractivity contribution in [3.8, 4) is 0 Å². The number of carbonyl (C=O) groups excluding carboxylic acids is 2. The van der Waals surface area contributed by atoms with Gasteiger partial charge in [0, 0.05) is 31.9 Å². The summed E-state index contributed by atoms with van der Waals surface area (Å²) in [5.74, 6) is -0.685. The summed E-state index contributed by atoms with van der Waals surface area (Å²) in [5, 5.41) is 2.93. The number of morpholine rings is 1. The highest BCUT2D eigenvalue weighted by atomic mass is 16.5. The van der Waals surface area contributed by atoms with E-state index in [4.69, 9.17) is 9.47 Å². The summed E-state index contributed by atoms with van der Waals surface area (Å²) in [6.45, 7) is 8.22. The van der Waals surface area contributed by atoms with Gasteiger partial charge in [-0.1, -0.05) is 24.3 Å². The maximum atomic E-state index is 12.6. The lowest BCUT2D eigenvalue weighted by atomic mass is 10.1. The van der Waals surface area contributed by atoms with Gasteiger partial charge in [-0.2, -0.15) is 0 Å². The normalized spacial score (nSPS) is 14.7. The number of esters is 1. The molecule has 1 aliphatic heterocycles. The Bertz CT molecular complexity index is 853. The third kappa shape index (κ3) is 4.61. The lowest BCUT2D eigenvalue weighted by molar-refractivity contribution is 0.0342. The van der Waals surface area contributed by atoms with Crippen LogP contribution in [0.25, 0.3) is 0 Å². The molecule has 0 radical (unpaired) electrons. The first kappa shape index (κ1) is 20.1. The van der Waals surface area contributed by atoms with Gasteiger partial charge >= 0.3 is 5.97 Å². The molecule has 2 N–H and O–H groups in total. The first-order chi connectivity index (χ1) is 13.5. The average molecular weight is 385 g/mol. The summed E-state index contributed by atoms with van der Waals surface area (Å²) >= 11 is 0. The second-order valence-electron chi connectivity index (χ2n) is 7.01. The molecular formula is C21H27N3O4. The van der Waals surface area contributed by atoms with Crippen LogP contribution in [0.15, 0.2) is 24.3 Å². The second kappa shape index (κ2) is 9.03. The highest BCUT2D eigenvalue weighted by molar-refractivity contribution is 6.00. The molecule has 1 aromatic heterocycles. The van der Waals surface area contributed by atoms with Crippen molar-refractivity contribution in [3.63, 3.8) is 0 Å². The largest absolute Gasteiger partial charge is 0.465 e. The van der Waals surface area contributed by atoms with Crippen LogP contribution in [0, 0.1) is 13.8 Å². The Balaban J connectivity index is 1.63. The zero-order valence-corrected chi connectivity index (χ0v) is 16.6. The third-order valence-corrected chi connectivity index (χ3v) is 5.01. The molecule has 1 fully saturated rings. The number of hydrogen-bond acceptors (Lipinski definition) is 5. The molecule has 0 saturated carbocycles. The van der Waals surface area contributed by atoms with E-state index in [1.54, 1.807) is 13.8 Å². The Labute approximate surface area is 165 Å². The van der Waals surface area contributed by atoms with Gasteiger partial charge in [-0.05, 0) is 30.5 Å². The van der Waals surface area contributed by atoms with Crippen molar-refractivity contribution in [2.45, 2.75) is 26.9 Å². The van der Waals surface area contributed by atoms with Gasteiger partial charge in [-0.3, -0.25) is 9.69 Å². The molecule has 0 spiro atoms. The van der Waals surface area contributed by atoms with Gasteiger partial charge in [0.2, 0.25) is 0 Å². The Morgan fingerprint density at radius 2 is 1.93 bits per heavy atom. The van der Waals surface area contributed by atoms with Gasteiger partial charge in [0.25, 0.3) is 5.91 Å². The number of aromatic nitrogens is 1. The van der Waals surface area contributed by atoms with E-state index < -0.39 is 5.97 Å². The number of methoxy groups -OCH3 is 1. The van der Waals surface area contributed by atoms with Gasteiger partial charge in [0.1, 0.15) is 5.69 Å². The van der Waals surface area contributed by atoms with E-state index in [2.05, 4.69) is 27.3 Å². The van der Waals surface area contributed by atoms with Crippen LogP contribution < -0.4 is 5.32 Å². The number of ether oxygens (including phenoxy) is 2. The fraction of sp³-hybridized carbons (Fsp3) is 0.429. The van der Waals surface area contributed by atoms with E-state index in [-0.39, 0.29) is 5.91 Å². The van der Waals surface area contributed by atoms with Gasteiger partial charge in [0.15, 0.2) is 0 Å². The minimum Gasteiger partial charge on any atom is -0.465 e. The van der Waals surface area contributed by atoms with Gasteiger partial charge < -0.3 is 19.8 Å². The quantitative estimate of drug-likeness (QED) is 0.745. The van der Waals surface area contributed by atoms with Crippen molar-refractivity contribution >= 4 is 11.9 Å². The van der Waals surface area contributed by atoms with Crippen molar-refractivity contribution in [2.75, 3.05) is 33.4 Å². The maximum absolute atomic E-state index is 12.6. The number of aryl methyl sites for hydroxylation is 1. The van der Waals surface area contributed by atoms with Crippen LogP contribution in [-0.4, -0.2) is 55.2 Å². The first-order valence-corrected chi connectivity index (χ1v) is 9.43. The lowest BCUT2D eigenvalue weighted by Crippen LogP contribution is -2.35. The van der Waals surface area contributed by atoms with Gasteiger partial charge in [0.05, 0.1) is 25.9 Å². The number of H-pyrrole nitrogens is 1. The molecule has 2 aromatic rings. The summed E-state index contributed by atoms with van der Waals surface area (Å²) in [4.78, 5) is 29.8. The van der Waals surface area contributed by atoms with E-state index in [0.717, 1.165) is 38.4 Å². The predicted molar refractivity (Wildman–Crippen MR) is 105 cm³/mol. The number of rotatable bonds is 6. The predicted octanol–water partition coefficient (Wildman–Crippen LogP) is 2.18. The number of carbonyl (C=O) groups is 2. The van der Waals surface area contributed by atoms with Crippen LogP contribution in [0.2, 0.25) is 0 Å². The summed E-state index contributed by atoms with van der Waals surface area (Å²) in [7, 11) is 1.33. The molecule has 3 rings (SSSR count). The zero-order chi connectivity index (χ0) is 20.1. The minimum atomic E-state index is -0.443. The Hall–Kier alpha value is -2.64. The molecule has 1 saturated heterocycles. The molecule has 1 aromatic carbocycles. The molecule has 7 nitrogen and oxygen atoms in total. The Morgan fingerprint density at radius 1 is 1.21 bits per heavy atom. The summed E-state index contributed by atoms with van der Waals surface area (Å²) in [5.41, 5.74) is 4.29. The number of benzene rings is 1. The summed E-state index contributed by atoms with van der Waals surface area (Å²) in [6.07, 6.45) is 0. The fourth-order valence-electron chi connectivity index (χ4n) is 3.51. The SMILES string of the molecule is COC(=O)c1c(C)[nH]c(C(=O)NCc2cccc(CN3CCOCC3)c2)c1C.